The Morgan fingerprint density at radius 3 is 3.00 bits per heavy atom. The first kappa shape index (κ1) is 10.1. The van der Waals surface area contributed by atoms with Crippen LogP contribution in [0.2, 0.25) is 0 Å². The molecule has 1 saturated carbocycles. The second kappa shape index (κ2) is 4.41. The number of likely N-dealkylation sites (tertiary alicyclic amines) is 1. The molecule has 2 aliphatic rings. The molecule has 2 unspecified atom stereocenters. The van der Waals surface area contributed by atoms with Crippen LogP contribution in [0.5, 0.6) is 0 Å². The van der Waals surface area contributed by atoms with Gasteiger partial charge in [-0.05, 0) is 31.7 Å². The molecule has 80 valence electrons. The molecule has 1 heterocycles. The van der Waals surface area contributed by atoms with Crippen molar-refractivity contribution in [1.29, 1.82) is 0 Å². The van der Waals surface area contributed by atoms with E-state index in [9.17, 15) is 4.79 Å². The van der Waals surface area contributed by atoms with Gasteiger partial charge in [-0.3, -0.25) is 9.69 Å². The summed E-state index contributed by atoms with van der Waals surface area (Å²) in [5.74, 6) is 1.11. The number of nitrogens with zero attached hydrogens (tertiary/aromatic N) is 1. The number of carbonyl (C=O) groups excluding carboxylic acids is 1. The maximum absolute atomic E-state index is 11.6. The molecule has 0 radical (unpaired) electrons. The topological polar surface area (TPSA) is 29.5 Å². The van der Waals surface area contributed by atoms with Crippen LogP contribution >= 0.6 is 0 Å². The van der Waals surface area contributed by atoms with Crippen molar-refractivity contribution >= 4 is 5.78 Å². The van der Waals surface area contributed by atoms with Crippen molar-refractivity contribution < 1.29 is 9.53 Å². The molecule has 0 aromatic heterocycles. The summed E-state index contributed by atoms with van der Waals surface area (Å²) in [6, 6.07) is 0.247. The first-order chi connectivity index (χ1) is 6.81. The van der Waals surface area contributed by atoms with Crippen LogP contribution in [-0.2, 0) is 9.53 Å². The van der Waals surface area contributed by atoms with E-state index in [0.717, 1.165) is 39.0 Å². The molecule has 1 aliphatic carbocycles. The van der Waals surface area contributed by atoms with Gasteiger partial charge in [-0.1, -0.05) is 0 Å². The second-order valence-electron chi connectivity index (χ2n) is 4.48. The van der Waals surface area contributed by atoms with Crippen LogP contribution in [0.25, 0.3) is 0 Å². The number of carbonyl (C=O) groups is 1. The lowest BCUT2D eigenvalue weighted by Crippen LogP contribution is -2.36. The van der Waals surface area contributed by atoms with Gasteiger partial charge in [0, 0.05) is 20.1 Å². The standard InChI is InChI=1S/C11H19NO2/c1-14-8-9-5-6-12(7-9)10-3-2-4-11(10)13/h9-10H,2-8H2,1H3. The van der Waals surface area contributed by atoms with E-state index in [1.807, 2.05) is 0 Å². The van der Waals surface area contributed by atoms with Crippen LogP contribution in [0.4, 0.5) is 0 Å². The van der Waals surface area contributed by atoms with Gasteiger partial charge in [0.05, 0.1) is 12.6 Å². The molecule has 0 bridgehead atoms. The molecular formula is C11H19NO2. The Hall–Kier alpha value is -0.410. The zero-order chi connectivity index (χ0) is 9.97. The largest absolute Gasteiger partial charge is 0.384 e. The van der Waals surface area contributed by atoms with Gasteiger partial charge >= 0.3 is 0 Å². The van der Waals surface area contributed by atoms with E-state index in [-0.39, 0.29) is 6.04 Å². The molecule has 0 amide bonds. The van der Waals surface area contributed by atoms with E-state index >= 15 is 0 Å². The molecule has 3 nitrogen and oxygen atoms in total. The summed E-state index contributed by atoms with van der Waals surface area (Å²) in [4.78, 5) is 13.9. The highest BCUT2D eigenvalue weighted by Gasteiger charge is 2.34. The lowest BCUT2D eigenvalue weighted by molar-refractivity contribution is -0.121. The smallest absolute Gasteiger partial charge is 0.149 e. The fourth-order valence-electron chi connectivity index (χ4n) is 2.70. The summed E-state index contributed by atoms with van der Waals surface area (Å²) >= 11 is 0. The van der Waals surface area contributed by atoms with E-state index in [2.05, 4.69) is 4.90 Å². The first-order valence-electron chi connectivity index (χ1n) is 5.57. The van der Waals surface area contributed by atoms with E-state index in [1.165, 1.54) is 6.42 Å². The Morgan fingerprint density at radius 2 is 2.36 bits per heavy atom. The summed E-state index contributed by atoms with van der Waals surface area (Å²) in [5.41, 5.74) is 0. The summed E-state index contributed by atoms with van der Waals surface area (Å²) in [6.07, 6.45) is 4.17. The van der Waals surface area contributed by atoms with Gasteiger partial charge in [0.2, 0.25) is 0 Å². The summed E-state index contributed by atoms with van der Waals surface area (Å²) < 4.78 is 5.15. The van der Waals surface area contributed by atoms with Gasteiger partial charge < -0.3 is 4.74 Å². The van der Waals surface area contributed by atoms with Crippen molar-refractivity contribution in [1.82, 2.24) is 4.90 Å². The van der Waals surface area contributed by atoms with Gasteiger partial charge in [0.25, 0.3) is 0 Å². The maximum Gasteiger partial charge on any atom is 0.149 e. The highest BCUT2D eigenvalue weighted by Crippen LogP contribution is 2.26. The highest BCUT2D eigenvalue weighted by atomic mass is 16.5. The third-order valence-electron chi connectivity index (χ3n) is 3.43. The van der Waals surface area contributed by atoms with E-state index in [4.69, 9.17) is 4.74 Å². The number of hydrogen-bond donors (Lipinski definition) is 0. The average Bonchev–Trinajstić information content (AvgIpc) is 2.74. The molecule has 3 heteroatoms. The zero-order valence-corrected chi connectivity index (χ0v) is 8.87. The molecular weight excluding hydrogens is 178 g/mol. The summed E-state index contributed by atoms with van der Waals surface area (Å²) in [5, 5.41) is 0. The van der Waals surface area contributed by atoms with Crippen LogP contribution in [0.1, 0.15) is 25.7 Å². The van der Waals surface area contributed by atoms with Crippen molar-refractivity contribution in [3.8, 4) is 0 Å². The molecule has 0 spiro atoms. The van der Waals surface area contributed by atoms with Gasteiger partial charge in [-0.2, -0.15) is 0 Å². The molecule has 0 aromatic rings. The number of methoxy groups -OCH3 is 1. The average molecular weight is 197 g/mol. The third kappa shape index (κ3) is 1.98. The van der Waals surface area contributed by atoms with E-state index < -0.39 is 0 Å². The van der Waals surface area contributed by atoms with Crippen LogP contribution in [0.3, 0.4) is 0 Å². The van der Waals surface area contributed by atoms with Crippen LogP contribution in [0.15, 0.2) is 0 Å². The number of ether oxygens (including phenoxy) is 1. The Labute approximate surface area is 85.4 Å². The highest BCUT2D eigenvalue weighted by molar-refractivity contribution is 5.85. The van der Waals surface area contributed by atoms with Gasteiger partial charge in [0.1, 0.15) is 5.78 Å². The lowest BCUT2D eigenvalue weighted by Gasteiger charge is -2.22. The van der Waals surface area contributed by atoms with Crippen molar-refractivity contribution in [2.45, 2.75) is 31.7 Å². The molecule has 14 heavy (non-hydrogen) atoms. The van der Waals surface area contributed by atoms with Crippen molar-refractivity contribution in [2.24, 2.45) is 5.92 Å². The normalized spacial score (nSPS) is 34.2. The molecule has 2 fully saturated rings. The summed E-state index contributed by atoms with van der Waals surface area (Å²) in [6.45, 7) is 2.99. The fraction of sp³-hybridized carbons (Fsp3) is 0.909. The maximum atomic E-state index is 11.6. The number of Topliss-reactive ketones (excluding diaryl/α,β-unsaturated/α-hetero) is 1. The Kier molecular flexibility index (Phi) is 3.19. The Morgan fingerprint density at radius 1 is 1.50 bits per heavy atom. The van der Waals surface area contributed by atoms with Gasteiger partial charge in [-0.15, -0.1) is 0 Å². The van der Waals surface area contributed by atoms with Crippen molar-refractivity contribution in [2.75, 3.05) is 26.8 Å². The molecule has 1 saturated heterocycles. The first-order valence-corrected chi connectivity index (χ1v) is 5.57. The summed E-state index contributed by atoms with van der Waals surface area (Å²) in [7, 11) is 1.75. The molecule has 2 rings (SSSR count). The molecule has 0 N–H and O–H groups in total. The predicted molar refractivity (Wildman–Crippen MR) is 54.2 cm³/mol. The minimum atomic E-state index is 0.247. The lowest BCUT2D eigenvalue weighted by atomic mass is 10.1. The van der Waals surface area contributed by atoms with Gasteiger partial charge in [-0.25, -0.2) is 0 Å². The predicted octanol–water partition coefficient (Wildman–Crippen LogP) is 1.08. The van der Waals surface area contributed by atoms with E-state index in [1.54, 1.807) is 7.11 Å². The van der Waals surface area contributed by atoms with Crippen molar-refractivity contribution in [3.05, 3.63) is 0 Å². The zero-order valence-electron chi connectivity index (χ0n) is 8.87. The van der Waals surface area contributed by atoms with Crippen molar-refractivity contribution in [3.63, 3.8) is 0 Å². The quantitative estimate of drug-likeness (QED) is 0.678. The second-order valence-corrected chi connectivity index (χ2v) is 4.48. The minimum Gasteiger partial charge on any atom is -0.384 e. The van der Waals surface area contributed by atoms with E-state index in [0.29, 0.717) is 11.7 Å². The molecule has 0 aromatic carbocycles. The van der Waals surface area contributed by atoms with Gasteiger partial charge in [0.15, 0.2) is 0 Å². The monoisotopic (exact) mass is 197 g/mol. The molecule has 2 atom stereocenters. The van der Waals surface area contributed by atoms with Crippen LogP contribution in [-0.4, -0.2) is 43.5 Å². The Balaban J connectivity index is 1.85. The Bertz CT molecular complexity index is 217. The number of ketones is 1. The van der Waals surface area contributed by atoms with Crippen LogP contribution in [0, 0.1) is 5.92 Å². The fourth-order valence-corrected chi connectivity index (χ4v) is 2.70. The van der Waals surface area contributed by atoms with Crippen LogP contribution < -0.4 is 0 Å². The SMILES string of the molecule is COCC1CCN(C2CCCC2=O)C1. The number of rotatable bonds is 3. The molecule has 1 aliphatic heterocycles. The third-order valence-corrected chi connectivity index (χ3v) is 3.43. The number of hydrogen-bond acceptors (Lipinski definition) is 3. The minimum absolute atomic E-state index is 0.247.